The summed E-state index contributed by atoms with van der Waals surface area (Å²) in [5, 5.41) is 11.7. The summed E-state index contributed by atoms with van der Waals surface area (Å²) in [6.45, 7) is 17.2. The fraction of sp³-hybridized carbons (Fsp3) is 0.500. The molecule has 0 amide bonds. The van der Waals surface area contributed by atoms with Gasteiger partial charge in [-0.2, -0.15) is 4.73 Å². The lowest BCUT2D eigenvalue weighted by Gasteiger charge is -2.30. The van der Waals surface area contributed by atoms with Gasteiger partial charge in [0.2, 0.25) is 0 Å². The molecule has 1 aromatic carbocycles. The third kappa shape index (κ3) is 3.81. The van der Waals surface area contributed by atoms with Crippen molar-refractivity contribution in [1.29, 1.82) is 0 Å². The maximum absolute atomic E-state index is 11.7. The summed E-state index contributed by atoms with van der Waals surface area (Å²) in [6.07, 6.45) is 3.28. The van der Waals surface area contributed by atoms with E-state index in [0.29, 0.717) is 0 Å². The Bertz CT molecular complexity index is 735. The van der Waals surface area contributed by atoms with Gasteiger partial charge in [-0.05, 0) is 47.9 Å². The standard InChI is InChI=1S/C22H31NO2/c1-14-12-23(24)13-15(2)19(14)16-10-17(21(3,4)5)20(25-9)18(11-16)22(6,7)8/h10-13H,1-9H3. The molecule has 0 spiro atoms. The molecule has 3 nitrogen and oxygen atoms in total. The molecule has 0 saturated carbocycles. The first-order valence-electron chi connectivity index (χ1n) is 8.79. The van der Waals surface area contributed by atoms with Crippen molar-refractivity contribution < 1.29 is 9.47 Å². The molecular weight excluding hydrogens is 310 g/mol. The highest BCUT2D eigenvalue weighted by Gasteiger charge is 2.28. The second-order valence-corrected chi connectivity index (χ2v) is 8.96. The molecule has 0 bridgehead atoms. The Morgan fingerprint density at radius 3 is 1.56 bits per heavy atom. The van der Waals surface area contributed by atoms with Gasteiger partial charge < -0.3 is 9.94 Å². The normalized spacial score (nSPS) is 12.4. The summed E-state index contributed by atoms with van der Waals surface area (Å²) in [5.41, 5.74) is 6.54. The maximum Gasteiger partial charge on any atom is 0.183 e. The fourth-order valence-electron chi connectivity index (χ4n) is 3.42. The number of benzene rings is 1. The van der Waals surface area contributed by atoms with E-state index in [1.807, 2.05) is 13.8 Å². The Labute approximate surface area is 152 Å². The lowest BCUT2D eigenvalue weighted by molar-refractivity contribution is -0.606. The van der Waals surface area contributed by atoms with E-state index >= 15 is 0 Å². The molecule has 0 unspecified atom stereocenters. The van der Waals surface area contributed by atoms with Crippen LogP contribution in [0.4, 0.5) is 0 Å². The largest absolute Gasteiger partial charge is 0.619 e. The average Bonchev–Trinajstić information content (AvgIpc) is 2.43. The zero-order valence-electron chi connectivity index (χ0n) is 17.1. The number of pyridine rings is 1. The van der Waals surface area contributed by atoms with Crippen LogP contribution >= 0.6 is 0 Å². The van der Waals surface area contributed by atoms with Crippen LogP contribution in [-0.4, -0.2) is 7.11 Å². The molecule has 0 saturated heterocycles. The molecule has 0 N–H and O–H groups in total. The topological polar surface area (TPSA) is 36.2 Å². The van der Waals surface area contributed by atoms with Gasteiger partial charge in [0.25, 0.3) is 0 Å². The number of hydrogen-bond acceptors (Lipinski definition) is 2. The summed E-state index contributed by atoms with van der Waals surface area (Å²) < 4.78 is 6.73. The molecular formula is C22H31NO2. The Kier molecular flexibility index (Phi) is 4.91. The molecule has 136 valence electrons. The van der Waals surface area contributed by atoms with Crippen molar-refractivity contribution in [2.45, 2.75) is 66.2 Å². The first kappa shape index (κ1) is 19.3. The monoisotopic (exact) mass is 341 g/mol. The van der Waals surface area contributed by atoms with E-state index in [9.17, 15) is 5.21 Å². The first-order chi connectivity index (χ1) is 11.4. The lowest BCUT2D eigenvalue weighted by atomic mass is 9.77. The first-order valence-corrected chi connectivity index (χ1v) is 8.79. The second kappa shape index (κ2) is 6.36. The van der Waals surface area contributed by atoms with Crippen molar-refractivity contribution in [2.24, 2.45) is 0 Å². The quantitative estimate of drug-likeness (QED) is 0.555. The van der Waals surface area contributed by atoms with Gasteiger partial charge in [-0.25, -0.2) is 0 Å². The molecule has 0 aliphatic heterocycles. The van der Waals surface area contributed by atoms with Gasteiger partial charge in [0.05, 0.1) is 7.11 Å². The van der Waals surface area contributed by atoms with Crippen LogP contribution < -0.4 is 9.47 Å². The number of aromatic nitrogens is 1. The number of methoxy groups -OCH3 is 1. The predicted molar refractivity (Wildman–Crippen MR) is 104 cm³/mol. The minimum absolute atomic E-state index is 0.0453. The number of rotatable bonds is 2. The summed E-state index contributed by atoms with van der Waals surface area (Å²) in [5.74, 6) is 0.967. The Hall–Kier alpha value is -2.03. The number of nitrogens with zero attached hydrogens (tertiary/aromatic N) is 1. The molecule has 0 aliphatic carbocycles. The van der Waals surface area contributed by atoms with E-state index in [1.54, 1.807) is 19.5 Å². The SMILES string of the molecule is COc1c(C(C)(C)C)cc(-c2c(C)c[n+]([O-])cc2C)cc1C(C)(C)C. The van der Waals surface area contributed by atoms with Crippen molar-refractivity contribution in [3.8, 4) is 16.9 Å². The van der Waals surface area contributed by atoms with E-state index in [-0.39, 0.29) is 10.8 Å². The Morgan fingerprint density at radius 1 is 0.840 bits per heavy atom. The van der Waals surface area contributed by atoms with E-state index in [4.69, 9.17) is 4.74 Å². The predicted octanol–water partition coefficient (Wildman–Crippen LogP) is 5.21. The zero-order chi connectivity index (χ0) is 19.2. The lowest BCUT2D eigenvalue weighted by Crippen LogP contribution is -2.26. The van der Waals surface area contributed by atoms with Crippen molar-refractivity contribution in [3.05, 3.63) is 52.0 Å². The third-order valence-corrected chi connectivity index (χ3v) is 4.63. The highest BCUT2D eigenvalue weighted by atomic mass is 16.5. The molecule has 1 heterocycles. The maximum atomic E-state index is 11.7. The summed E-state index contributed by atoms with van der Waals surface area (Å²) in [6, 6.07) is 4.44. The summed E-state index contributed by atoms with van der Waals surface area (Å²) >= 11 is 0. The van der Waals surface area contributed by atoms with Crippen molar-refractivity contribution >= 4 is 0 Å². The minimum Gasteiger partial charge on any atom is -0.619 e. The van der Waals surface area contributed by atoms with Crippen LogP contribution in [0.15, 0.2) is 24.5 Å². The second-order valence-electron chi connectivity index (χ2n) is 8.96. The molecule has 2 rings (SSSR count). The van der Waals surface area contributed by atoms with E-state index < -0.39 is 0 Å². The van der Waals surface area contributed by atoms with Crippen LogP contribution in [0.5, 0.6) is 5.75 Å². The van der Waals surface area contributed by atoms with E-state index in [2.05, 4.69) is 53.7 Å². The molecule has 0 atom stereocenters. The van der Waals surface area contributed by atoms with Gasteiger partial charge in [0.1, 0.15) is 5.75 Å². The van der Waals surface area contributed by atoms with Gasteiger partial charge in [0, 0.05) is 22.3 Å². The van der Waals surface area contributed by atoms with Crippen LogP contribution in [0.2, 0.25) is 0 Å². The summed E-state index contributed by atoms with van der Waals surface area (Å²) in [7, 11) is 1.75. The number of hydrogen-bond donors (Lipinski definition) is 0. The van der Waals surface area contributed by atoms with Gasteiger partial charge in [-0.3, -0.25) is 0 Å². The molecule has 3 heteroatoms. The van der Waals surface area contributed by atoms with Crippen LogP contribution in [-0.2, 0) is 10.8 Å². The number of aryl methyl sites for hydroxylation is 2. The molecule has 2 aromatic rings. The van der Waals surface area contributed by atoms with Crippen molar-refractivity contribution in [1.82, 2.24) is 0 Å². The Balaban J connectivity index is 2.90. The van der Waals surface area contributed by atoms with Gasteiger partial charge in [0.15, 0.2) is 12.4 Å². The van der Waals surface area contributed by atoms with Crippen LogP contribution in [0, 0.1) is 19.1 Å². The zero-order valence-corrected chi connectivity index (χ0v) is 17.1. The molecule has 0 fully saturated rings. The highest BCUT2D eigenvalue weighted by Crippen LogP contribution is 2.43. The molecule has 25 heavy (non-hydrogen) atoms. The van der Waals surface area contributed by atoms with Crippen molar-refractivity contribution in [2.75, 3.05) is 7.11 Å². The van der Waals surface area contributed by atoms with Crippen LogP contribution in [0.3, 0.4) is 0 Å². The fourth-order valence-corrected chi connectivity index (χ4v) is 3.42. The van der Waals surface area contributed by atoms with Gasteiger partial charge in [-0.1, -0.05) is 41.5 Å². The smallest absolute Gasteiger partial charge is 0.183 e. The van der Waals surface area contributed by atoms with Crippen LogP contribution in [0.25, 0.3) is 11.1 Å². The molecule has 0 radical (unpaired) electrons. The molecule has 0 aliphatic rings. The average molecular weight is 341 g/mol. The summed E-state index contributed by atoms with van der Waals surface area (Å²) in [4.78, 5) is 0. The van der Waals surface area contributed by atoms with Gasteiger partial charge in [-0.15, -0.1) is 0 Å². The van der Waals surface area contributed by atoms with E-state index in [1.165, 1.54) is 11.1 Å². The minimum atomic E-state index is -0.0453. The molecule has 1 aromatic heterocycles. The van der Waals surface area contributed by atoms with Crippen LogP contribution in [0.1, 0.15) is 63.8 Å². The number of ether oxygens (including phenoxy) is 1. The van der Waals surface area contributed by atoms with Gasteiger partial charge >= 0.3 is 0 Å². The van der Waals surface area contributed by atoms with E-state index in [0.717, 1.165) is 32.7 Å². The Morgan fingerprint density at radius 2 is 1.24 bits per heavy atom. The third-order valence-electron chi connectivity index (χ3n) is 4.63. The van der Waals surface area contributed by atoms with Crippen molar-refractivity contribution in [3.63, 3.8) is 0 Å². The highest BCUT2D eigenvalue weighted by molar-refractivity contribution is 5.73.